The van der Waals surface area contributed by atoms with Gasteiger partial charge in [0.05, 0.1) is 7.11 Å². The number of nitrogens with zero attached hydrogens (tertiary/aromatic N) is 1. The van der Waals surface area contributed by atoms with E-state index in [9.17, 15) is 9.59 Å². The number of unbranched alkanes of at least 4 members (excludes halogenated alkanes) is 9. The van der Waals surface area contributed by atoms with E-state index in [1.165, 1.54) is 58.5 Å². The molecule has 28 heavy (non-hydrogen) atoms. The van der Waals surface area contributed by atoms with E-state index in [-0.39, 0.29) is 12.6 Å². The van der Waals surface area contributed by atoms with Gasteiger partial charge in [-0.1, -0.05) is 78.6 Å². The molecule has 6 nitrogen and oxygen atoms in total. The van der Waals surface area contributed by atoms with E-state index in [1.54, 1.807) is 13.1 Å². The van der Waals surface area contributed by atoms with Crippen molar-refractivity contribution < 1.29 is 19.1 Å². The van der Waals surface area contributed by atoms with Crippen molar-refractivity contribution in [2.75, 3.05) is 20.3 Å². The molecular weight excluding hydrogens is 356 g/mol. The largest absolute Gasteiger partial charge is 0.467 e. The molecule has 0 aliphatic heterocycles. The highest BCUT2D eigenvalue weighted by Gasteiger charge is 2.19. The summed E-state index contributed by atoms with van der Waals surface area (Å²) in [5.41, 5.74) is -0.448. The Balaban J connectivity index is 3.71. The van der Waals surface area contributed by atoms with Crippen LogP contribution in [0, 0.1) is 5.41 Å². The van der Waals surface area contributed by atoms with Crippen molar-refractivity contribution in [2.45, 2.75) is 97.9 Å². The van der Waals surface area contributed by atoms with Crippen LogP contribution in [0.4, 0.5) is 4.79 Å². The fourth-order valence-electron chi connectivity index (χ4n) is 2.69. The van der Waals surface area contributed by atoms with Crippen LogP contribution < -0.4 is 5.32 Å². The Kier molecular flexibility index (Phi) is 15.4. The molecule has 0 aromatic rings. The number of methoxy groups -OCH3 is 1. The quantitative estimate of drug-likeness (QED) is 0.218. The van der Waals surface area contributed by atoms with E-state index < -0.39 is 17.6 Å². The second-order valence-corrected chi connectivity index (χ2v) is 8.15. The molecule has 1 atom stereocenters. The molecule has 0 saturated heterocycles. The van der Waals surface area contributed by atoms with Gasteiger partial charge in [0.1, 0.15) is 12.6 Å². The lowest BCUT2D eigenvalue weighted by Crippen LogP contribution is -2.31. The lowest BCUT2D eigenvalue weighted by Gasteiger charge is -2.19. The number of nitrogens with one attached hydrogen (secondary N) is 1. The van der Waals surface area contributed by atoms with Gasteiger partial charge in [0.2, 0.25) is 0 Å². The van der Waals surface area contributed by atoms with Crippen molar-refractivity contribution in [3.05, 3.63) is 0 Å². The van der Waals surface area contributed by atoms with E-state index in [1.807, 2.05) is 13.8 Å². The highest BCUT2D eigenvalue weighted by atomic mass is 16.5. The number of alkyl carbamates (subject to hydrolysis) is 1. The number of rotatable bonds is 16. The van der Waals surface area contributed by atoms with Crippen LogP contribution in [0.2, 0.25) is 0 Å². The summed E-state index contributed by atoms with van der Waals surface area (Å²) in [4.78, 5) is 27.3. The van der Waals surface area contributed by atoms with Crippen molar-refractivity contribution >= 4 is 18.3 Å². The monoisotopic (exact) mass is 398 g/mol. The third-order valence-corrected chi connectivity index (χ3v) is 4.56. The van der Waals surface area contributed by atoms with Crippen molar-refractivity contribution in [2.24, 2.45) is 10.4 Å². The van der Waals surface area contributed by atoms with Gasteiger partial charge in [-0.15, -0.1) is 0 Å². The second-order valence-electron chi connectivity index (χ2n) is 8.15. The van der Waals surface area contributed by atoms with Gasteiger partial charge < -0.3 is 14.8 Å². The molecule has 0 aromatic heterocycles. The number of amides is 1. The Hall–Kier alpha value is -1.59. The zero-order chi connectivity index (χ0) is 21.3. The first kappa shape index (κ1) is 26.4. The minimum atomic E-state index is -0.561. The molecular formula is C22H42N2O4. The summed E-state index contributed by atoms with van der Waals surface area (Å²) in [6.45, 7) is 8.55. The predicted molar refractivity (Wildman–Crippen MR) is 115 cm³/mol. The molecule has 0 spiro atoms. The summed E-state index contributed by atoms with van der Waals surface area (Å²) in [6.07, 6.45) is 13.9. The smallest absolute Gasteiger partial charge is 0.407 e. The van der Waals surface area contributed by atoms with E-state index in [4.69, 9.17) is 4.74 Å². The molecule has 164 valence electrons. The Morgan fingerprint density at radius 3 is 2.07 bits per heavy atom. The van der Waals surface area contributed by atoms with E-state index in [0.29, 0.717) is 6.54 Å². The minimum absolute atomic E-state index is 0.203. The van der Waals surface area contributed by atoms with Crippen molar-refractivity contribution in [1.29, 1.82) is 0 Å². The van der Waals surface area contributed by atoms with Gasteiger partial charge in [-0.25, -0.2) is 9.59 Å². The summed E-state index contributed by atoms with van der Waals surface area (Å²) in [6, 6.07) is -0.561. The minimum Gasteiger partial charge on any atom is -0.467 e. The van der Waals surface area contributed by atoms with E-state index in [0.717, 1.165) is 12.8 Å². The van der Waals surface area contributed by atoms with Crippen LogP contribution >= 0.6 is 0 Å². The molecule has 6 heteroatoms. The van der Waals surface area contributed by atoms with E-state index >= 15 is 0 Å². The number of carbonyl (C=O) groups is 2. The predicted octanol–water partition coefficient (Wildman–Crippen LogP) is 5.29. The van der Waals surface area contributed by atoms with Crippen molar-refractivity contribution in [3.8, 4) is 0 Å². The summed E-state index contributed by atoms with van der Waals surface area (Å²) in [5.74, 6) is -0.387. The molecule has 0 rings (SSSR count). The van der Waals surface area contributed by atoms with Gasteiger partial charge in [0.15, 0.2) is 0 Å². The normalized spacial score (nSPS) is 12.8. The Morgan fingerprint density at radius 2 is 1.54 bits per heavy atom. The van der Waals surface area contributed by atoms with Gasteiger partial charge in [-0.2, -0.15) is 0 Å². The first-order valence-corrected chi connectivity index (χ1v) is 10.8. The van der Waals surface area contributed by atoms with Gasteiger partial charge in [0.25, 0.3) is 0 Å². The van der Waals surface area contributed by atoms with Crippen molar-refractivity contribution in [3.63, 3.8) is 0 Å². The molecule has 0 fully saturated rings. The van der Waals surface area contributed by atoms with Gasteiger partial charge in [0, 0.05) is 18.2 Å². The Labute approximate surface area is 171 Å². The van der Waals surface area contributed by atoms with Crippen LogP contribution in [0.25, 0.3) is 0 Å². The maximum Gasteiger partial charge on any atom is 0.407 e. The van der Waals surface area contributed by atoms with Gasteiger partial charge in [-0.3, -0.25) is 4.99 Å². The molecule has 0 aromatic carbocycles. The number of esters is 1. The van der Waals surface area contributed by atoms with Crippen LogP contribution in [0.15, 0.2) is 4.99 Å². The van der Waals surface area contributed by atoms with Crippen LogP contribution in [-0.2, 0) is 14.3 Å². The fourth-order valence-corrected chi connectivity index (χ4v) is 2.69. The molecule has 0 bridgehead atoms. The van der Waals surface area contributed by atoms with Gasteiger partial charge in [-0.05, 0) is 13.3 Å². The van der Waals surface area contributed by atoms with Gasteiger partial charge >= 0.3 is 12.1 Å². The number of carbonyl (C=O) groups excluding carboxylic acids is 2. The van der Waals surface area contributed by atoms with Crippen LogP contribution in [0.3, 0.4) is 0 Å². The summed E-state index contributed by atoms with van der Waals surface area (Å²) >= 11 is 0. The molecule has 0 saturated carbocycles. The highest BCUT2D eigenvalue weighted by molar-refractivity contribution is 5.78. The molecule has 0 aliphatic carbocycles. The number of aliphatic imine (C=N–C) groups is 1. The SMILES string of the molecule is CCCCCCCCCCCCNC(=O)OCC(C)(C)/C=N/C(C)C(=O)OC. The Morgan fingerprint density at radius 1 is 1.00 bits per heavy atom. The summed E-state index contributed by atoms with van der Waals surface area (Å²) in [7, 11) is 1.33. The third-order valence-electron chi connectivity index (χ3n) is 4.56. The Bertz CT molecular complexity index is 450. The number of hydrogen-bond acceptors (Lipinski definition) is 5. The molecule has 1 unspecified atom stereocenters. The summed E-state index contributed by atoms with van der Waals surface area (Å²) < 4.78 is 9.89. The molecule has 1 amide bonds. The van der Waals surface area contributed by atoms with Crippen molar-refractivity contribution in [1.82, 2.24) is 5.32 Å². The standard InChI is InChI=1S/C22H42N2O4/c1-6-7-8-9-10-11-12-13-14-15-16-23-21(26)28-18-22(3,4)17-24-19(2)20(25)27-5/h17,19H,6-16,18H2,1-5H3,(H,23,26)/b24-17+. The average molecular weight is 399 g/mol. The lowest BCUT2D eigenvalue weighted by atomic mass is 9.97. The molecule has 0 aliphatic rings. The first-order valence-electron chi connectivity index (χ1n) is 10.8. The second kappa shape index (κ2) is 16.4. The summed E-state index contributed by atoms with van der Waals surface area (Å²) in [5, 5.41) is 2.79. The maximum absolute atomic E-state index is 11.8. The first-order chi connectivity index (χ1) is 13.3. The fraction of sp³-hybridized carbons (Fsp3) is 0.864. The maximum atomic E-state index is 11.8. The van der Waals surface area contributed by atoms with Crippen LogP contribution in [0.1, 0.15) is 91.9 Å². The number of hydrogen-bond donors (Lipinski definition) is 1. The zero-order valence-corrected chi connectivity index (χ0v) is 18.7. The molecule has 1 N–H and O–H groups in total. The highest BCUT2D eigenvalue weighted by Crippen LogP contribution is 2.13. The number of ether oxygens (including phenoxy) is 2. The molecule has 0 radical (unpaired) electrons. The lowest BCUT2D eigenvalue weighted by molar-refractivity contribution is -0.141. The topological polar surface area (TPSA) is 77.0 Å². The third kappa shape index (κ3) is 15.5. The average Bonchev–Trinajstić information content (AvgIpc) is 2.68. The van der Waals surface area contributed by atoms with Crippen LogP contribution in [0.5, 0.6) is 0 Å². The van der Waals surface area contributed by atoms with E-state index in [2.05, 4.69) is 22.0 Å². The zero-order valence-electron chi connectivity index (χ0n) is 18.7. The van der Waals surface area contributed by atoms with Crippen LogP contribution in [-0.4, -0.2) is 44.6 Å². The molecule has 0 heterocycles.